The van der Waals surface area contributed by atoms with E-state index < -0.39 is 0 Å². The molecule has 2 rings (SSSR count). The second-order valence-electron chi connectivity index (χ2n) is 3.61. The number of hydrogen-bond acceptors (Lipinski definition) is 3. The van der Waals surface area contributed by atoms with Crippen LogP contribution in [0.4, 0.5) is 0 Å². The van der Waals surface area contributed by atoms with E-state index in [-0.39, 0.29) is 12.4 Å². The Balaban J connectivity index is 2.54. The van der Waals surface area contributed by atoms with Crippen molar-refractivity contribution < 1.29 is 13.9 Å². The van der Waals surface area contributed by atoms with E-state index in [1.807, 2.05) is 25.1 Å². The Morgan fingerprint density at radius 3 is 2.94 bits per heavy atom. The van der Waals surface area contributed by atoms with E-state index in [1.54, 1.807) is 0 Å². The highest BCUT2D eigenvalue weighted by Crippen LogP contribution is 2.31. The summed E-state index contributed by atoms with van der Waals surface area (Å²) in [6, 6.07) is 5.87. The van der Waals surface area contributed by atoms with Crippen LogP contribution in [0.2, 0.25) is 0 Å². The van der Waals surface area contributed by atoms with Crippen LogP contribution < -0.4 is 0 Å². The maximum atomic E-state index is 11.3. The average Bonchev–Trinajstić information content (AvgIpc) is 2.55. The fourth-order valence-corrected chi connectivity index (χ4v) is 2.14. The molecule has 0 bridgehead atoms. The van der Waals surface area contributed by atoms with Crippen LogP contribution >= 0.6 is 15.9 Å². The zero-order valence-corrected chi connectivity index (χ0v) is 10.6. The van der Waals surface area contributed by atoms with E-state index in [2.05, 4.69) is 20.7 Å². The quantitative estimate of drug-likeness (QED) is 0.794. The summed E-state index contributed by atoms with van der Waals surface area (Å²) in [6.45, 7) is 2.00. The minimum absolute atomic E-state index is 0.216. The first-order chi connectivity index (χ1) is 7.61. The van der Waals surface area contributed by atoms with Crippen molar-refractivity contribution in [1.29, 1.82) is 0 Å². The maximum absolute atomic E-state index is 11.3. The third-order valence-corrected chi connectivity index (χ3v) is 3.09. The molecule has 0 amide bonds. The lowest BCUT2D eigenvalue weighted by atomic mass is 10.1. The average molecular weight is 283 g/mol. The molecule has 1 heterocycles. The predicted octanol–water partition coefficient (Wildman–Crippen LogP) is 3.22. The molecule has 0 aliphatic rings. The molecule has 0 saturated heterocycles. The van der Waals surface area contributed by atoms with Gasteiger partial charge in [0.15, 0.2) is 4.67 Å². The highest BCUT2D eigenvalue weighted by Gasteiger charge is 2.15. The van der Waals surface area contributed by atoms with Gasteiger partial charge < -0.3 is 9.15 Å². The molecular formula is C12H11BrO3. The third kappa shape index (κ3) is 1.97. The van der Waals surface area contributed by atoms with Crippen LogP contribution in [0, 0.1) is 6.92 Å². The number of methoxy groups -OCH3 is 1. The van der Waals surface area contributed by atoms with Crippen molar-refractivity contribution in [2.45, 2.75) is 13.3 Å². The number of ether oxygens (including phenoxy) is 1. The van der Waals surface area contributed by atoms with Gasteiger partial charge >= 0.3 is 5.97 Å². The Kier molecular flexibility index (Phi) is 3.01. The van der Waals surface area contributed by atoms with Gasteiger partial charge in [-0.3, -0.25) is 4.79 Å². The molecule has 0 aliphatic heterocycles. The zero-order chi connectivity index (χ0) is 11.7. The number of fused-ring (bicyclic) bond motifs is 1. The van der Waals surface area contributed by atoms with E-state index in [4.69, 9.17) is 4.42 Å². The van der Waals surface area contributed by atoms with Crippen LogP contribution in [0.15, 0.2) is 27.3 Å². The van der Waals surface area contributed by atoms with Crippen LogP contribution in [-0.4, -0.2) is 13.1 Å². The SMILES string of the molecule is COC(=O)Cc1c(Br)oc2ccc(C)cc12. The highest BCUT2D eigenvalue weighted by molar-refractivity contribution is 9.10. The lowest BCUT2D eigenvalue weighted by Crippen LogP contribution is -2.04. The minimum Gasteiger partial charge on any atom is -0.469 e. The van der Waals surface area contributed by atoms with Crippen molar-refractivity contribution in [2.75, 3.05) is 7.11 Å². The Morgan fingerprint density at radius 2 is 2.25 bits per heavy atom. The highest BCUT2D eigenvalue weighted by atomic mass is 79.9. The Labute approximate surface area is 102 Å². The second-order valence-corrected chi connectivity index (χ2v) is 4.33. The molecule has 0 saturated carbocycles. The Bertz CT molecular complexity index is 542. The lowest BCUT2D eigenvalue weighted by Gasteiger charge is -1.98. The van der Waals surface area contributed by atoms with E-state index in [0.717, 1.165) is 22.1 Å². The van der Waals surface area contributed by atoms with Gasteiger partial charge in [0.1, 0.15) is 5.58 Å². The van der Waals surface area contributed by atoms with E-state index in [9.17, 15) is 4.79 Å². The molecule has 84 valence electrons. The Morgan fingerprint density at radius 1 is 1.50 bits per heavy atom. The molecule has 3 nitrogen and oxygen atoms in total. The summed E-state index contributed by atoms with van der Waals surface area (Å²) in [5, 5.41) is 0.956. The molecule has 0 radical (unpaired) electrons. The van der Waals surface area contributed by atoms with Gasteiger partial charge in [0.2, 0.25) is 0 Å². The van der Waals surface area contributed by atoms with Crippen LogP contribution in [0.5, 0.6) is 0 Å². The molecule has 0 aliphatic carbocycles. The van der Waals surface area contributed by atoms with Crippen LogP contribution in [0.3, 0.4) is 0 Å². The van der Waals surface area contributed by atoms with E-state index >= 15 is 0 Å². The zero-order valence-electron chi connectivity index (χ0n) is 9.04. The summed E-state index contributed by atoms with van der Waals surface area (Å²) in [6.07, 6.45) is 0.216. The number of esters is 1. The molecule has 0 atom stereocenters. The number of furan rings is 1. The molecule has 0 N–H and O–H groups in total. The molecule has 2 aromatic rings. The first-order valence-electron chi connectivity index (χ1n) is 4.86. The summed E-state index contributed by atoms with van der Waals surface area (Å²) in [4.78, 5) is 11.3. The third-order valence-electron chi connectivity index (χ3n) is 2.45. The van der Waals surface area contributed by atoms with Gasteiger partial charge in [0.25, 0.3) is 0 Å². The molecule has 4 heteroatoms. The maximum Gasteiger partial charge on any atom is 0.310 e. The summed E-state index contributed by atoms with van der Waals surface area (Å²) < 4.78 is 10.8. The number of halogens is 1. The van der Waals surface area contributed by atoms with Gasteiger partial charge in [0.05, 0.1) is 13.5 Å². The van der Waals surface area contributed by atoms with Crippen molar-refractivity contribution in [2.24, 2.45) is 0 Å². The monoisotopic (exact) mass is 282 g/mol. The number of hydrogen-bond donors (Lipinski definition) is 0. The summed E-state index contributed by atoms with van der Waals surface area (Å²) in [7, 11) is 1.38. The van der Waals surface area contributed by atoms with Crippen LogP contribution in [0.25, 0.3) is 11.0 Å². The first-order valence-corrected chi connectivity index (χ1v) is 5.65. The minimum atomic E-state index is -0.273. The van der Waals surface area contributed by atoms with Crippen molar-refractivity contribution >= 4 is 32.9 Å². The number of aryl methyl sites for hydroxylation is 1. The number of rotatable bonds is 2. The Hall–Kier alpha value is -1.29. The summed E-state index contributed by atoms with van der Waals surface area (Å²) >= 11 is 3.32. The molecular weight excluding hydrogens is 272 g/mol. The normalized spacial score (nSPS) is 10.7. The lowest BCUT2D eigenvalue weighted by molar-refractivity contribution is -0.139. The van der Waals surface area contributed by atoms with Crippen LogP contribution in [0.1, 0.15) is 11.1 Å². The van der Waals surface area contributed by atoms with Crippen molar-refractivity contribution in [3.63, 3.8) is 0 Å². The molecule has 0 spiro atoms. The standard InChI is InChI=1S/C12H11BrO3/c1-7-3-4-10-8(5-7)9(12(13)16-10)6-11(14)15-2/h3-5H,6H2,1-2H3. The molecule has 0 fully saturated rings. The van der Waals surface area contributed by atoms with Gasteiger partial charge in [-0.15, -0.1) is 0 Å². The molecule has 0 unspecified atom stereocenters. The van der Waals surface area contributed by atoms with Gasteiger partial charge in [-0.1, -0.05) is 11.6 Å². The number of carbonyl (C=O) groups is 1. The van der Waals surface area contributed by atoms with Crippen molar-refractivity contribution in [3.05, 3.63) is 34.0 Å². The van der Waals surface area contributed by atoms with E-state index in [0.29, 0.717) is 4.67 Å². The number of benzene rings is 1. The van der Waals surface area contributed by atoms with Crippen molar-refractivity contribution in [1.82, 2.24) is 0 Å². The smallest absolute Gasteiger partial charge is 0.310 e. The summed E-state index contributed by atoms with van der Waals surface area (Å²) in [5.41, 5.74) is 2.74. The van der Waals surface area contributed by atoms with Gasteiger partial charge in [-0.05, 0) is 35.0 Å². The largest absolute Gasteiger partial charge is 0.469 e. The molecule has 1 aromatic carbocycles. The van der Waals surface area contributed by atoms with Crippen molar-refractivity contribution in [3.8, 4) is 0 Å². The van der Waals surface area contributed by atoms with Gasteiger partial charge in [-0.2, -0.15) is 0 Å². The fourth-order valence-electron chi connectivity index (χ4n) is 1.61. The van der Waals surface area contributed by atoms with Crippen LogP contribution in [-0.2, 0) is 16.0 Å². The predicted molar refractivity (Wildman–Crippen MR) is 64.4 cm³/mol. The fraction of sp³-hybridized carbons (Fsp3) is 0.250. The van der Waals surface area contributed by atoms with Gasteiger partial charge in [0, 0.05) is 10.9 Å². The first kappa shape index (κ1) is 11.2. The topological polar surface area (TPSA) is 39.4 Å². The number of carbonyl (C=O) groups excluding carboxylic acids is 1. The molecule has 16 heavy (non-hydrogen) atoms. The summed E-state index contributed by atoms with van der Waals surface area (Å²) in [5.74, 6) is -0.273. The molecule has 1 aromatic heterocycles. The van der Waals surface area contributed by atoms with E-state index in [1.165, 1.54) is 7.11 Å². The second kappa shape index (κ2) is 4.29. The van der Waals surface area contributed by atoms with Gasteiger partial charge in [-0.25, -0.2) is 0 Å².